The second kappa shape index (κ2) is 8.70. The number of aryl methyl sites for hydroxylation is 1. The van der Waals surface area contributed by atoms with E-state index in [2.05, 4.69) is 20.6 Å². The zero-order chi connectivity index (χ0) is 21.2. The van der Waals surface area contributed by atoms with Crippen molar-refractivity contribution >= 4 is 33.3 Å². The van der Waals surface area contributed by atoms with Gasteiger partial charge < -0.3 is 20.1 Å². The summed E-state index contributed by atoms with van der Waals surface area (Å²) in [6, 6.07) is 5.89. The Morgan fingerprint density at radius 1 is 1.16 bits per heavy atom. The van der Waals surface area contributed by atoms with Crippen LogP contribution in [-0.4, -0.2) is 29.2 Å². The molecule has 1 aliphatic carbocycles. The largest absolute Gasteiger partial charge is 0.454 e. The quantitative estimate of drug-likeness (QED) is 0.583. The minimum absolute atomic E-state index is 0.00667. The van der Waals surface area contributed by atoms with Crippen molar-refractivity contribution in [3.63, 3.8) is 0 Å². The zero-order valence-corrected chi connectivity index (χ0v) is 18.4. The molecule has 5 rings (SSSR count). The topological polar surface area (TPSA) is 85.4 Å². The Morgan fingerprint density at radius 3 is 2.87 bits per heavy atom. The molecule has 0 radical (unpaired) electrons. The van der Waals surface area contributed by atoms with Crippen LogP contribution in [0, 0.1) is 12.8 Å². The van der Waals surface area contributed by atoms with E-state index in [9.17, 15) is 4.79 Å². The van der Waals surface area contributed by atoms with Gasteiger partial charge in [-0.15, -0.1) is 11.3 Å². The van der Waals surface area contributed by atoms with Crippen LogP contribution in [0.15, 0.2) is 24.5 Å². The van der Waals surface area contributed by atoms with Crippen LogP contribution >= 0.6 is 11.3 Å². The highest BCUT2D eigenvalue weighted by Gasteiger charge is 2.21. The predicted octanol–water partition coefficient (Wildman–Crippen LogP) is 4.65. The van der Waals surface area contributed by atoms with Gasteiger partial charge in [0.1, 0.15) is 17.0 Å². The summed E-state index contributed by atoms with van der Waals surface area (Å²) in [5.41, 5.74) is 1.99. The number of hydrogen-bond acceptors (Lipinski definition) is 7. The molecule has 1 fully saturated rings. The summed E-state index contributed by atoms with van der Waals surface area (Å²) in [4.78, 5) is 23.3. The fraction of sp³-hybridized carbons (Fsp3) is 0.435. The number of ether oxygens (including phenoxy) is 2. The molecule has 0 unspecified atom stereocenters. The third-order valence-electron chi connectivity index (χ3n) is 6.11. The fourth-order valence-corrected chi connectivity index (χ4v) is 5.43. The Bertz CT molecular complexity index is 1110. The molecule has 162 valence electrons. The minimum atomic E-state index is -0.00667. The van der Waals surface area contributed by atoms with E-state index in [0.717, 1.165) is 50.1 Å². The van der Waals surface area contributed by atoms with Crippen LogP contribution in [0.25, 0.3) is 10.2 Å². The van der Waals surface area contributed by atoms with Crippen LogP contribution in [0.5, 0.6) is 11.5 Å². The number of nitrogens with zero attached hydrogens (tertiary/aromatic N) is 2. The summed E-state index contributed by atoms with van der Waals surface area (Å²) >= 11 is 1.43. The highest BCUT2D eigenvalue weighted by atomic mass is 32.1. The smallest absolute Gasteiger partial charge is 0.261 e. The molecule has 1 aromatic carbocycles. The molecule has 2 N–H and O–H groups in total. The number of fused-ring (bicyclic) bond motifs is 2. The first-order valence-corrected chi connectivity index (χ1v) is 11.7. The van der Waals surface area contributed by atoms with Gasteiger partial charge in [0.25, 0.3) is 5.91 Å². The number of aromatic nitrogens is 2. The van der Waals surface area contributed by atoms with E-state index in [4.69, 9.17) is 9.47 Å². The van der Waals surface area contributed by atoms with E-state index in [1.807, 2.05) is 25.1 Å². The lowest BCUT2D eigenvalue weighted by molar-refractivity contribution is 0.0947. The van der Waals surface area contributed by atoms with Crippen LogP contribution in [0.3, 0.4) is 0 Å². The lowest BCUT2D eigenvalue weighted by atomic mass is 9.89. The van der Waals surface area contributed by atoms with Crippen molar-refractivity contribution in [3.05, 3.63) is 40.5 Å². The first-order chi connectivity index (χ1) is 15.2. The highest BCUT2D eigenvalue weighted by molar-refractivity contribution is 7.20. The van der Waals surface area contributed by atoms with Gasteiger partial charge in [-0.2, -0.15) is 0 Å². The molecular weight excluding hydrogens is 412 g/mol. The number of benzene rings is 1. The Labute approximate surface area is 185 Å². The van der Waals surface area contributed by atoms with E-state index in [1.54, 1.807) is 6.33 Å². The summed E-state index contributed by atoms with van der Waals surface area (Å²) in [5, 5.41) is 7.46. The first-order valence-electron chi connectivity index (χ1n) is 10.8. The Balaban J connectivity index is 1.31. The Hall–Kier alpha value is -2.87. The number of hydrogen-bond donors (Lipinski definition) is 2. The normalized spacial score (nSPS) is 15.9. The molecule has 0 atom stereocenters. The van der Waals surface area contributed by atoms with Gasteiger partial charge in [0.15, 0.2) is 11.5 Å². The number of thiophene rings is 1. The molecule has 1 amide bonds. The molecular formula is C23H26N4O3S. The van der Waals surface area contributed by atoms with E-state index >= 15 is 0 Å². The number of amides is 1. The average molecular weight is 439 g/mol. The molecule has 0 bridgehead atoms. The fourth-order valence-electron chi connectivity index (χ4n) is 4.37. The maximum atomic E-state index is 12.9. The van der Waals surface area contributed by atoms with Gasteiger partial charge in [-0.3, -0.25) is 4.79 Å². The summed E-state index contributed by atoms with van der Waals surface area (Å²) in [6.45, 7) is 3.58. The molecule has 31 heavy (non-hydrogen) atoms. The second-order valence-electron chi connectivity index (χ2n) is 8.21. The van der Waals surface area contributed by atoms with Crippen LogP contribution in [0.1, 0.15) is 52.9 Å². The number of carbonyl (C=O) groups is 1. The Kier molecular flexibility index (Phi) is 5.63. The highest BCUT2D eigenvalue weighted by Crippen LogP contribution is 2.35. The van der Waals surface area contributed by atoms with E-state index in [-0.39, 0.29) is 12.7 Å². The van der Waals surface area contributed by atoms with Gasteiger partial charge in [-0.25, -0.2) is 9.97 Å². The molecule has 2 aromatic heterocycles. The van der Waals surface area contributed by atoms with Gasteiger partial charge in [0.2, 0.25) is 6.79 Å². The lowest BCUT2D eigenvalue weighted by Crippen LogP contribution is -2.30. The van der Waals surface area contributed by atoms with E-state index in [1.165, 1.54) is 43.4 Å². The predicted molar refractivity (Wildman–Crippen MR) is 121 cm³/mol. The standard InChI is InChI=1S/C23H26N4O3S/c1-14-19-21(24-11-16-7-8-17-18(9-16)30-13-29-17)26-12-27-23(19)31-20(14)22(28)25-10-15-5-3-2-4-6-15/h7-9,12,15H,2-6,10-11,13H2,1H3,(H,25,28)(H,24,26,27). The van der Waals surface area contributed by atoms with Crippen LogP contribution < -0.4 is 20.1 Å². The van der Waals surface area contributed by atoms with Crippen LogP contribution in [-0.2, 0) is 6.54 Å². The van der Waals surface area contributed by atoms with Crippen molar-refractivity contribution in [2.75, 3.05) is 18.7 Å². The molecule has 3 aromatic rings. The monoisotopic (exact) mass is 438 g/mol. The van der Waals surface area contributed by atoms with Crippen molar-refractivity contribution in [2.24, 2.45) is 5.92 Å². The second-order valence-corrected chi connectivity index (χ2v) is 9.21. The lowest BCUT2D eigenvalue weighted by Gasteiger charge is -2.21. The Morgan fingerprint density at radius 2 is 2.00 bits per heavy atom. The van der Waals surface area contributed by atoms with Gasteiger partial charge in [0.05, 0.1) is 10.3 Å². The SMILES string of the molecule is Cc1c(C(=O)NCC2CCCCC2)sc2ncnc(NCc3ccc4c(c3)OCO4)c12. The van der Waals surface area contributed by atoms with Gasteiger partial charge in [0, 0.05) is 13.1 Å². The molecule has 1 saturated carbocycles. The maximum absolute atomic E-state index is 12.9. The average Bonchev–Trinajstić information content (AvgIpc) is 3.41. The van der Waals surface area contributed by atoms with Crippen LogP contribution in [0.2, 0.25) is 0 Å². The molecule has 2 aliphatic rings. The van der Waals surface area contributed by atoms with Gasteiger partial charge in [-0.1, -0.05) is 25.3 Å². The molecule has 0 saturated heterocycles. The van der Waals surface area contributed by atoms with Crippen LogP contribution in [0.4, 0.5) is 5.82 Å². The van der Waals surface area contributed by atoms with Crippen molar-refractivity contribution in [3.8, 4) is 11.5 Å². The van der Waals surface area contributed by atoms with Crippen molar-refractivity contribution < 1.29 is 14.3 Å². The van der Waals surface area contributed by atoms with Gasteiger partial charge >= 0.3 is 0 Å². The molecule has 8 heteroatoms. The molecule has 7 nitrogen and oxygen atoms in total. The number of rotatable bonds is 6. The third-order valence-corrected chi connectivity index (χ3v) is 7.30. The molecule has 3 heterocycles. The van der Waals surface area contributed by atoms with E-state index < -0.39 is 0 Å². The van der Waals surface area contributed by atoms with E-state index in [0.29, 0.717) is 12.5 Å². The van der Waals surface area contributed by atoms with Crippen molar-refractivity contribution in [1.29, 1.82) is 0 Å². The number of nitrogens with one attached hydrogen (secondary N) is 2. The van der Waals surface area contributed by atoms with Gasteiger partial charge in [-0.05, 0) is 48.9 Å². The maximum Gasteiger partial charge on any atom is 0.261 e. The summed E-state index contributed by atoms with van der Waals surface area (Å²) in [5.74, 6) is 2.86. The molecule has 0 spiro atoms. The minimum Gasteiger partial charge on any atom is -0.454 e. The summed E-state index contributed by atoms with van der Waals surface area (Å²) in [7, 11) is 0. The number of carbonyl (C=O) groups excluding carboxylic acids is 1. The number of anilines is 1. The molecule has 1 aliphatic heterocycles. The van der Waals surface area contributed by atoms with Crippen molar-refractivity contribution in [2.45, 2.75) is 45.6 Å². The first kappa shape index (κ1) is 20.1. The third kappa shape index (κ3) is 4.17. The zero-order valence-electron chi connectivity index (χ0n) is 17.6. The van der Waals surface area contributed by atoms with Crippen molar-refractivity contribution in [1.82, 2.24) is 15.3 Å². The summed E-state index contributed by atoms with van der Waals surface area (Å²) in [6.07, 6.45) is 7.84. The summed E-state index contributed by atoms with van der Waals surface area (Å²) < 4.78 is 10.8.